The van der Waals surface area contributed by atoms with E-state index in [4.69, 9.17) is 5.84 Å². The molecule has 0 bridgehead atoms. The number of piperidine rings is 1. The zero-order valence-electron chi connectivity index (χ0n) is 12.1. The molecule has 5 nitrogen and oxygen atoms in total. The average Bonchev–Trinajstić information content (AvgIpc) is 2.47. The Morgan fingerprint density at radius 3 is 2.22 bits per heavy atom. The number of hydrogen-bond donors (Lipinski definition) is 2. The Morgan fingerprint density at radius 2 is 1.78 bits per heavy atom. The van der Waals surface area contributed by atoms with Gasteiger partial charge in [-0.05, 0) is 36.6 Å². The number of primary amides is 1. The van der Waals surface area contributed by atoms with Crippen LogP contribution in [0.2, 0.25) is 0 Å². The van der Waals surface area contributed by atoms with Gasteiger partial charge in [0.05, 0.1) is 5.92 Å². The largest absolute Gasteiger partial charge is 0.366 e. The summed E-state index contributed by atoms with van der Waals surface area (Å²) >= 11 is 0. The summed E-state index contributed by atoms with van der Waals surface area (Å²) in [6.45, 7) is 3.50. The number of hydrazine groups is 1. The van der Waals surface area contributed by atoms with Crippen LogP contribution in [0.5, 0.6) is 0 Å². The maximum absolute atomic E-state index is 13.0. The molecule has 1 aromatic carbocycles. The van der Waals surface area contributed by atoms with Crippen LogP contribution in [0.15, 0.2) is 24.8 Å². The highest BCUT2D eigenvalue weighted by molar-refractivity contribution is 5.85. The molecule has 2 rings (SSSR count). The predicted molar refractivity (Wildman–Crippen MR) is 80.8 cm³/mol. The Morgan fingerprint density at radius 1 is 1.30 bits per heavy atom. The highest BCUT2D eigenvalue weighted by Gasteiger charge is 2.29. The number of benzene rings is 1. The van der Waals surface area contributed by atoms with Gasteiger partial charge in [-0.15, -0.1) is 12.4 Å². The SMILES string of the molecule is C=CC(N)=O.Cl.NN1CCCC(c2cc(F)c(F)c(F)c2)C1=O. The van der Waals surface area contributed by atoms with Crippen LogP contribution in [-0.4, -0.2) is 23.4 Å². The zero-order valence-corrected chi connectivity index (χ0v) is 12.9. The molecule has 0 saturated carbocycles. The molecule has 1 atom stereocenters. The van der Waals surface area contributed by atoms with Crippen LogP contribution >= 0.6 is 12.4 Å². The van der Waals surface area contributed by atoms with Crippen LogP contribution in [0.1, 0.15) is 24.3 Å². The minimum Gasteiger partial charge on any atom is -0.366 e. The molecule has 1 heterocycles. The van der Waals surface area contributed by atoms with E-state index >= 15 is 0 Å². The fourth-order valence-electron chi connectivity index (χ4n) is 1.99. The molecule has 128 valence electrons. The third-order valence-corrected chi connectivity index (χ3v) is 3.08. The second kappa shape index (κ2) is 9.16. The molecular weight excluding hydrogens is 335 g/mol. The molecule has 1 fully saturated rings. The van der Waals surface area contributed by atoms with Gasteiger partial charge in [-0.3, -0.25) is 14.6 Å². The van der Waals surface area contributed by atoms with Crippen LogP contribution in [-0.2, 0) is 9.59 Å². The second-order valence-electron chi connectivity index (χ2n) is 4.63. The summed E-state index contributed by atoms with van der Waals surface area (Å²) in [5.74, 6) is -0.251. The third-order valence-electron chi connectivity index (χ3n) is 3.08. The average molecular weight is 352 g/mol. The first-order valence-corrected chi connectivity index (χ1v) is 6.40. The van der Waals surface area contributed by atoms with Crippen molar-refractivity contribution >= 4 is 24.2 Å². The lowest BCUT2D eigenvalue weighted by Crippen LogP contribution is -2.44. The molecule has 1 aliphatic heterocycles. The standard InChI is InChI=1S/C11H11F3N2O.C3H5NO.ClH/c12-8-4-6(5-9(13)10(8)14)7-2-1-3-16(15)11(7)17;1-2-3(4)5;/h4-5,7H,1-3,15H2;2H,1H2,(H2,4,5);1H. The highest BCUT2D eigenvalue weighted by atomic mass is 35.5. The Bertz CT molecular complexity index is 576. The van der Waals surface area contributed by atoms with Gasteiger partial charge in [-0.25, -0.2) is 19.0 Å². The summed E-state index contributed by atoms with van der Waals surface area (Å²) in [7, 11) is 0. The molecule has 0 radical (unpaired) electrons. The van der Waals surface area contributed by atoms with E-state index in [9.17, 15) is 22.8 Å². The molecule has 0 spiro atoms. The van der Waals surface area contributed by atoms with E-state index in [1.165, 1.54) is 0 Å². The lowest BCUT2D eigenvalue weighted by Gasteiger charge is -2.28. The van der Waals surface area contributed by atoms with Crippen LogP contribution in [0.4, 0.5) is 13.2 Å². The molecule has 1 aliphatic rings. The first-order valence-electron chi connectivity index (χ1n) is 6.40. The van der Waals surface area contributed by atoms with E-state index in [-0.39, 0.29) is 18.0 Å². The van der Waals surface area contributed by atoms with E-state index in [1.807, 2.05) is 0 Å². The fourth-order valence-corrected chi connectivity index (χ4v) is 1.99. The van der Waals surface area contributed by atoms with Gasteiger partial charge in [-0.1, -0.05) is 6.58 Å². The molecule has 1 saturated heterocycles. The van der Waals surface area contributed by atoms with Crippen molar-refractivity contribution in [3.8, 4) is 0 Å². The first kappa shape index (κ1) is 20.9. The van der Waals surface area contributed by atoms with Gasteiger partial charge in [-0.2, -0.15) is 0 Å². The van der Waals surface area contributed by atoms with E-state index < -0.39 is 35.2 Å². The summed E-state index contributed by atoms with van der Waals surface area (Å²) in [5, 5.41) is 1.02. The van der Waals surface area contributed by atoms with Crippen molar-refractivity contribution in [1.29, 1.82) is 0 Å². The molecule has 2 amide bonds. The fraction of sp³-hybridized carbons (Fsp3) is 0.286. The monoisotopic (exact) mass is 351 g/mol. The van der Waals surface area contributed by atoms with Gasteiger partial charge < -0.3 is 5.73 Å². The summed E-state index contributed by atoms with van der Waals surface area (Å²) in [6.07, 6.45) is 2.16. The van der Waals surface area contributed by atoms with Crippen LogP contribution < -0.4 is 11.6 Å². The van der Waals surface area contributed by atoms with E-state index in [1.54, 1.807) is 0 Å². The lowest BCUT2D eigenvalue weighted by atomic mass is 9.90. The predicted octanol–water partition coefficient (Wildman–Crippen LogP) is 1.76. The number of carbonyl (C=O) groups is 2. The number of halogens is 4. The molecule has 0 aliphatic carbocycles. The van der Waals surface area contributed by atoms with Crippen molar-refractivity contribution < 1.29 is 22.8 Å². The Kier molecular flexibility index (Phi) is 8.34. The maximum atomic E-state index is 13.0. The Balaban J connectivity index is 0.000000709. The number of amides is 2. The van der Waals surface area contributed by atoms with Gasteiger partial charge >= 0.3 is 0 Å². The summed E-state index contributed by atoms with van der Waals surface area (Å²) in [6, 6.07) is 1.69. The van der Waals surface area contributed by atoms with Crippen molar-refractivity contribution in [2.75, 3.05) is 6.54 Å². The topological polar surface area (TPSA) is 89.4 Å². The molecule has 1 unspecified atom stereocenters. The van der Waals surface area contributed by atoms with Crippen LogP contribution in [0.3, 0.4) is 0 Å². The number of nitrogens with zero attached hydrogens (tertiary/aromatic N) is 1. The highest BCUT2D eigenvalue weighted by Crippen LogP contribution is 2.28. The molecule has 0 aromatic heterocycles. The van der Waals surface area contributed by atoms with E-state index in [0.717, 1.165) is 23.2 Å². The summed E-state index contributed by atoms with van der Waals surface area (Å²) in [5.41, 5.74) is 4.66. The molecule has 9 heteroatoms. The van der Waals surface area contributed by atoms with Crippen LogP contribution in [0, 0.1) is 17.5 Å². The summed E-state index contributed by atoms with van der Waals surface area (Å²) in [4.78, 5) is 21.2. The zero-order chi connectivity index (χ0) is 16.9. The quantitative estimate of drug-likeness (QED) is 0.368. The van der Waals surface area contributed by atoms with Gasteiger partial charge in [0.1, 0.15) is 0 Å². The first-order chi connectivity index (χ1) is 10.3. The van der Waals surface area contributed by atoms with E-state index in [2.05, 4.69) is 12.3 Å². The number of hydrogen-bond acceptors (Lipinski definition) is 3. The van der Waals surface area contributed by atoms with Crippen molar-refractivity contribution in [3.05, 3.63) is 47.8 Å². The van der Waals surface area contributed by atoms with Gasteiger partial charge in [0.15, 0.2) is 17.5 Å². The number of rotatable bonds is 2. The van der Waals surface area contributed by atoms with Crippen LogP contribution in [0.25, 0.3) is 0 Å². The Labute approximate surface area is 137 Å². The lowest BCUT2D eigenvalue weighted by molar-refractivity contribution is -0.135. The van der Waals surface area contributed by atoms with Gasteiger partial charge in [0, 0.05) is 6.54 Å². The van der Waals surface area contributed by atoms with Crippen molar-refractivity contribution in [2.45, 2.75) is 18.8 Å². The van der Waals surface area contributed by atoms with Crippen molar-refractivity contribution in [1.82, 2.24) is 5.01 Å². The molecular formula is C14H17ClF3N3O2. The number of nitrogens with two attached hydrogens (primary N) is 2. The normalized spacial score (nSPS) is 16.8. The van der Waals surface area contributed by atoms with Crippen molar-refractivity contribution in [3.63, 3.8) is 0 Å². The smallest absolute Gasteiger partial charge is 0.244 e. The molecule has 4 N–H and O–H groups in total. The number of carbonyl (C=O) groups excluding carboxylic acids is 2. The summed E-state index contributed by atoms with van der Waals surface area (Å²) < 4.78 is 38.9. The molecule has 1 aromatic rings. The Hall–Kier alpha value is -2.06. The van der Waals surface area contributed by atoms with E-state index in [0.29, 0.717) is 19.4 Å². The minimum absolute atomic E-state index is 0. The minimum atomic E-state index is -1.53. The second-order valence-corrected chi connectivity index (χ2v) is 4.63. The van der Waals surface area contributed by atoms with Crippen molar-refractivity contribution in [2.24, 2.45) is 11.6 Å². The van der Waals surface area contributed by atoms with Gasteiger partial charge in [0.2, 0.25) is 11.8 Å². The third kappa shape index (κ3) is 5.57. The maximum Gasteiger partial charge on any atom is 0.244 e. The van der Waals surface area contributed by atoms with Gasteiger partial charge in [0.25, 0.3) is 0 Å². The molecule has 23 heavy (non-hydrogen) atoms.